The number of benzene rings is 1. The number of fused-ring (bicyclic) bond motifs is 1. The van der Waals surface area contributed by atoms with Crippen LogP contribution in [0.15, 0.2) is 46.9 Å². The fraction of sp³-hybridized carbons (Fsp3) is 0.0714. The fourth-order valence-electron chi connectivity index (χ4n) is 2.10. The molecule has 0 unspecified atom stereocenters. The number of nitrogens with two attached hydrogens (primary N) is 1. The molecule has 3 rings (SSSR count). The SMILES string of the molecule is Cc1c(Br)ccc2nc(-c3ccccc3)c(N)n12. The Morgan fingerprint density at radius 2 is 1.83 bits per heavy atom. The number of rotatable bonds is 1. The van der Waals surface area contributed by atoms with Crippen LogP contribution in [0.5, 0.6) is 0 Å². The van der Waals surface area contributed by atoms with Crippen LogP contribution in [-0.2, 0) is 0 Å². The Hall–Kier alpha value is -1.81. The Kier molecular flexibility index (Phi) is 2.59. The van der Waals surface area contributed by atoms with Crippen LogP contribution in [0.2, 0.25) is 0 Å². The highest BCUT2D eigenvalue weighted by Gasteiger charge is 2.13. The molecule has 0 aliphatic carbocycles. The fourth-order valence-corrected chi connectivity index (χ4v) is 2.41. The van der Waals surface area contributed by atoms with Gasteiger partial charge in [-0.05, 0) is 35.0 Å². The van der Waals surface area contributed by atoms with Crippen LogP contribution in [0, 0.1) is 6.92 Å². The highest BCUT2D eigenvalue weighted by atomic mass is 79.9. The van der Waals surface area contributed by atoms with Gasteiger partial charge in [-0.3, -0.25) is 4.40 Å². The van der Waals surface area contributed by atoms with Crippen molar-refractivity contribution >= 4 is 27.4 Å². The molecule has 90 valence electrons. The van der Waals surface area contributed by atoms with E-state index in [1.165, 1.54) is 0 Å². The Labute approximate surface area is 113 Å². The zero-order valence-electron chi connectivity index (χ0n) is 9.89. The van der Waals surface area contributed by atoms with Gasteiger partial charge in [0.1, 0.15) is 17.2 Å². The van der Waals surface area contributed by atoms with Gasteiger partial charge in [0, 0.05) is 15.7 Å². The summed E-state index contributed by atoms with van der Waals surface area (Å²) in [5, 5.41) is 0. The van der Waals surface area contributed by atoms with E-state index in [9.17, 15) is 0 Å². The van der Waals surface area contributed by atoms with E-state index in [0.717, 1.165) is 27.1 Å². The van der Waals surface area contributed by atoms with Crippen molar-refractivity contribution in [3.05, 3.63) is 52.6 Å². The van der Waals surface area contributed by atoms with E-state index in [0.29, 0.717) is 5.82 Å². The van der Waals surface area contributed by atoms with Gasteiger partial charge >= 0.3 is 0 Å². The Balaban J connectivity index is 2.34. The monoisotopic (exact) mass is 301 g/mol. The summed E-state index contributed by atoms with van der Waals surface area (Å²) in [6, 6.07) is 13.9. The molecular weight excluding hydrogens is 290 g/mol. The minimum atomic E-state index is 0.676. The lowest BCUT2D eigenvalue weighted by atomic mass is 10.1. The summed E-state index contributed by atoms with van der Waals surface area (Å²) in [6.07, 6.45) is 0. The Morgan fingerprint density at radius 3 is 2.56 bits per heavy atom. The third-order valence-corrected chi connectivity index (χ3v) is 3.88. The van der Waals surface area contributed by atoms with E-state index < -0.39 is 0 Å². The van der Waals surface area contributed by atoms with Crippen molar-refractivity contribution in [1.29, 1.82) is 0 Å². The second-order valence-electron chi connectivity index (χ2n) is 4.17. The number of nitrogens with zero attached hydrogens (tertiary/aromatic N) is 2. The quantitative estimate of drug-likeness (QED) is 0.745. The molecule has 0 spiro atoms. The molecule has 1 aromatic carbocycles. The van der Waals surface area contributed by atoms with Crippen LogP contribution in [0.4, 0.5) is 5.82 Å². The molecule has 2 heterocycles. The van der Waals surface area contributed by atoms with Gasteiger partial charge < -0.3 is 5.73 Å². The lowest BCUT2D eigenvalue weighted by Crippen LogP contribution is -1.98. The van der Waals surface area contributed by atoms with Crippen molar-refractivity contribution in [2.75, 3.05) is 5.73 Å². The van der Waals surface area contributed by atoms with Gasteiger partial charge in [0.2, 0.25) is 0 Å². The largest absolute Gasteiger partial charge is 0.383 e. The van der Waals surface area contributed by atoms with Crippen LogP contribution < -0.4 is 5.73 Å². The average molecular weight is 302 g/mol. The first-order chi connectivity index (χ1) is 8.68. The van der Waals surface area contributed by atoms with Gasteiger partial charge in [0.05, 0.1) is 0 Å². The molecule has 3 aromatic rings. The highest BCUT2D eigenvalue weighted by Crippen LogP contribution is 2.29. The van der Waals surface area contributed by atoms with Crippen molar-refractivity contribution in [3.8, 4) is 11.3 Å². The number of aryl methyl sites for hydroxylation is 1. The third kappa shape index (κ3) is 1.61. The first kappa shape index (κ1) is 11.3. The number of halogens is 1. The summed E-state index contributed by atoms with van der Waals surface area (Å²) in [6.45, 7) is 2.02. The smallest absolute Gasteiger partial charge is 0.139 e. The number of pyridine rings is 1. The summed E-state index contributed by atoms with van der Waals surface area (Å²) >= 11 is 3.51. The number of hydrogen-bond acceptors (Lipinski definition) is 2. The van der Waals surface area contributed by atoms with E-state index in [4.69, 9.17) is 5.73 Å². The second kappa shape index (κ2) is 4.14. The number of imidazole rings is 1. The number of nitrogen functional groups attached to an aromatic ring is 1. The third-order valence-electron chi connectivity index (χ3n) is 3.05. The Bertz CT molecular complexity index is 717. The van der Waals surface area contributed by atoms with Crippen LogP contribution in [0.3, 0.4) is 0 Å². The van der Waals surface area contributed by atoms with Gasteiger partial charge in [0.15, 0.2) is 0 Å². The summed E-state index contributed by atoms with van der Waals surface area (Å²) in [5.41, 5.74) is 10.0. The summed E-state index contributed by atoms with van der Waals surface area (Å²) in [5.74, 6) is 0.676. The normalized spacial score (nSPS) is 11.0. The molecule has 0 saturated carbocycles. The minimum Gasteiger partial charge on any atom is -0.383 e. The zero-order valence-corrected chi connectivity index (χ0v) is 11.5. The van der Waals surface area contributed by atoms with Gasteiger partial charge in [-0.15, -0.1) is 0 Å². The molecule has 2 N–H and O–H groups in total. The van der Waals surface area contributed by atoms with Crippen molar-refractivity contribution < 1.29 is 0 Å². The molecular formula is C14H12BrN3. The summed E-state index contributed by atoms with van der Waals surface area (Å²) < 4.78 is 2.99. The van der Waals surface area contributed by atoms with E-state index in [1.54, 1.807) is 0 Å². The lowest BCUT2D eigenvalue weighted by Gasteiger charge is -2.04. The molecule has 0 aliphatic heterocycles. The van der Waals surface area contributed by atoms with Gasteiger partial charge in [-0.25, -0.2) is 4.98 Å². The van der Waals surface area contributed by atoms with Crippen molar-refractivity contribution in [1.82, 2.24) is 9.38 Å². The predicted molar refractivity (Wildman–Crippen MR) is 77.5 cm³/mol. The van der Waals surface area contributed by atoms with Crippen LogP contribution in [0.25, 0.3) is 16.9 Å². The van der Waals surface area contributed by atoms with Crippen LogP contribution >= 0.6 is 15.9 Å². The Morgan fingerprint density at radius 1 is 1.11 bits per heavy atom. The molecule has 2 aromatic heterocycles. The van der Waals surface area contributed by atoms with Crippen molar-refractivity contribution in [2.24, 2.45) is 0 Å². The summed E-state index contributed by atoms with van der Waals surface area (Å²) in [4.78, 5) is 4.60. The standard InChI is InChI=1S/C14H12BrN3/c1-9-11(15)7-8-12-17-13(14(16)18(9)12)10-5-3-2-4-6-10/h2-8H,16H2,1H3. The van der Waals surface area contributed by atoms with Gasteiger partial charge in [-0.2, -0.15) is 0 Å². The molecule has 3 nitrogen and oxygen atoms in total. The van der Waals surface area contributed by atoms with E-state index in [-0.39, 0.29) is 0 Å². The van der Waals surface area contributed by atoms with Gasteiger partial charge in [0.25, 0.3) is 0 Å². The topological polar surface area (TPSA) is 43.3 Å². The maximum absolute atomic E-state index is 6.22. The van der Waals surface area contributed by atoms with Gasteiger partial charge in [-0.1, -0.05) is 30.3 Å². The molecule has 0 atom stereocenters. The maximum atomic E-state index is 6.22. The molecule has 0 aliphatic rings. The number of aromatic nitrogens is 2. The molecule has 18 heavy (non-hydrogen) atoms. The lowest BCUT2D eigenvalue weighted by molar-refractivity contribution is 1.09. The van der Waals surface area contributed by atoms with E-state index in [1.807, 2.05) is 53.8 Å². The molecule has 0 radical (unpaired) electrons. The van der Waals surface area contributed by atoms with Crippen molar-refractivity contribution in [2.45, 2.75) is 6.92 Å². The molecule has 0 saturated heterocycles. The first-order valence-corrected chi connectivity index (χ1v) is 6.46. The molecule has 0 bridgehead atoms. The van der Waals surface area contributed by atoms with E-state index in [2.05, 4.69) is 20.9 Å². The number of anilines is 1. The first-order valence-electron chi connectivity index (χ1n) is 5.67. The molecule has 0 fully saturated rings. The predicted octanol–water partition coefficient (Wildman–Crippen LogP) is 3.65. The maximum Gasteiger partial charge on any atom is 0.139 e. The molecule has 4 heteroatoms. The summed E-state index contributed by atoms with van der Waals surface area (Å²) in [7, 11) is 0. The zero-order chi connectivity index (χ0) is 12.7. The average Bonchev–Trinajstić information content (AvgIpc) is 2.73. The van der Waals surface area contributed by atoms with Crippen LogP contribution in [0.1, 0.15) is 5.69 Å². The highest BCUT2D eigenvalue weighted by molar-refractivity contribution is 9.10. The second-order valence-corrected chi connectivity index (χ2v) is 5.03. The minimum absolute atomic E-state index is 0.676. The van der Waals surface area contributed by atoms with E-state index >= 15 is 0 Å². The molecule has 0 amide bonds. The van der Waals surface area contributed by atoms with Crippen molar-refractivity contribution in [3.63, 3.8) is 0 Å². The van der Waals surface area contributed by atoms with Crippen LogP contribution in [-0.4, -0.2) is 9.38 Å². The number of hydrogen-bond donors (Lipinski definition) is 1.